The van der Waals surface area contributed by atoms with Crippen LogP contribution in [0.5, 0.6) is 5.75 Å². The zero-order chi connectivity index (χ0) is 23.5. The van der Waals surface area contributed by atoms with Gasteiger partial charge in [-0.1, -0.05) is 17.7 Å². The molecule has 0 saturated carbocycles. The Balaban J connectivity index is 1.74. The van der Waals surface area contributed by atoms with Crippen LogP contribution in [0.4, 0.5) is 13.2 Å². The molecule has 0 radical (unpaired) electrons. The summed E-state index contributed by atoms with van der Waals surface area (Å²) in [5.74, 6) is -4.05. The van der Waals surface area contributed by atoms with E-state index in [1.54, 1.807) is 30.3 Å². The lowest BCUT2D eigenvalue weighted by Gasteiger charge is -2.23. The van der Waals surface area contributed by atoms with Crippen LogP contribution in [-0.4, -0.2) is 16.1 Å². The van der Waals surface area contributed by atoms with Crippen LogP contribution < -0.4 is 4.74 Å². The van der Waals surface area contributed by atoms with Gasteiger partial charge in [0, 0.05) is 22.2 Å². The van der Waals surface area contributed by atoms with E-state index < -0.39 is 23.4 Å². The van der Waals surface area contributed by atoms with Crippen LogP contribution in [0.15, 0.2) is 48.5 Å². The summed E-state index contributed by atoms with van der Waals surface area (Å²) in [4.78, 5) is 15.7. The molecule has 0 amide bonds. The molecule has 1 N–H and O–H groups in total. The molecule has 0 bridgehead atoms. The molecule has 3 aromatic rings. The van der Waals surface area contributed by atoms with Crippen LogP contribution >= 0.6 is 11.6 Å². The molecular formula is C25H19ClF3NO3. The van der Waals surface area contributed by atoms with Crippen molar-refractivity contribution >= 4 is 28.7 Å². The molecule has 0 unspecified atom stereocenters. The molecular weight excluding hydrogens is 455 g/mol. The number of aromatic carboxylic acids is 1. The molecule has 0 atom stereocenters. The van der Waals surface area contributed by atoms with Gasteiger partial charge in [0.1, 0.15) is 23.9 Å². The van der Waals surface area contributed by atoms with Gasteiger partial charge in [0.2, 0.25) is 0 Å². The van der Waals surface area contributed by atoms with Crippen molar-refractivity contribution in [2.24, 2.45) is 0 Å². The van der Waals surface area contributed by atoms with Crippen molar-refractivity contribution in [1.82, 2.24) is 4.98 Å². The van der Waals surface area contributed by atoms with Crippen molar-refractivity contribution in [1.29, 1.82) is 0 Å². The number of hydrogen-bond acceptors (Lipinski definition) is 3. The number of rotatable bonds is 6. The predicted octanol–water partition coefficient (Wildman–Crippen LogP) is 6.91. The lowest BCUT2D eigenvalue weighted by atomic mass is 9.85. The molecule has 0 aliphatic heterocycles. The van der Waals surface area contributed by atoms with Crippen LogP contribution in [0, 0.1) is 17.5 Å². The van der Waals surface area contributed by atoms with Crippen molar-refractivity contribution in [3.05, 3.63) is 93.5 Å². The Hall–Kier alpha value is -3.32. The second-order valence-corrected chi connectivity index (χ2v) is 8.10. The topological polar surface area (TPSA) is 59.4 Å². The predicted molar refractivity (Wildman–Crippen MR) is 119 cm³/mol. The van der Waals surface area contributed by atoms with Crippen molar-refractivity contribution in [3.8, 4) is 5.75 Å². The van der Waals surface area contributed by atoms with Gasteiger partial charge in [-0.2, -0.15) is 0 Å². The van der Waals surface area contributed by atoms with Gasteiger partial charge < -0.3 is 9.84 Å². The normalized spacial score (nSPS) is 13.8. The molecule has 33 heavy (non-hydrogen) atoms. The summed E-state index contributed by atoms with van der Waals surface area (Å²) >= 11 is 6.25. The number of carboxylic acid groups (broad SMARTS) is 1. The molecule has 1 aliphatic rings. The summed E-state index contributed by atoms with van der Waals surface area (Å²) in [5, 5.41) is 9.77. The highest BCUT2D eigenvalue weighted by molar-refractivity contribution is 6.30. The maximum atomic E-state index is 14.1. The maximum Gasteiger partial charge on any atom is 0.354 e. The Morgan fingerprint density at radius 3 is 2.45 bits per heavy atom. The Morgan fingerprint density at radius 2 is 1.70 bits per heavy atom. The Morgan fingerprint density at radius 1 is 0.970 bits per heavy atom. The van der Waals surface area contributed by atoms with Gasteiger partial charge in [0.05, 0.1) is 5.69 Å². The quantitative estimate of drug-likeness (QED) is 0.395. The van der Waals surface area contributed by atoms with E-state index in [1.807, 2.05) is 0 Å². The third-order valence-corrected chi connectivity index (χ3v) is 5.72. The molecule has 4 nitrogen and oxygen atoms in total. The molecule has 1 aliphatic carbocycles. The van der Waals surface area contributed by atoms with Gasteiger partial charge in [-0.25, -0.2) is 22.9 Å². The second-order valence-electron chi connectivity index (χ2n) is 7.66. The van der Waals surface area contributed by atoms with E-state index in [-0.39, 0.29) is 17.9 Å². The zero-order valence-corrected chi connectivity index (χ0v) is 18.1. The van der Waals surface area contributed by atoms with Crippen molar-refractivity contribution < 1.29 is 27.8 Å². The monoisotopic (exact) mass is 473 g/mol. The molecule has 8 heteroatoms. The zero-order valence-electron chi connectivity index (χ0n) is 17.4. The molecule has 4 rings (SSSR count). The number of pyridine rings is 1. The summed E-state index contributed by atoms with van der Waals surface area (Å²) in [6.45, 7) is -0.312. The molecule has 1 aromatic heterocycles. The van der Waals surface area contributed by atoms with Crippen molar-refractivity contribution in [2.45, 2.75) is 32.3 Å². The van der Waals surface area contributed by atoms with Gasteiger partial charge in [0.15, 0.2) is 11.6 Å². The Kier molecular flexibility index (Phi) is 6.70. The summed E-state index contributed by atoms with van der Waals surface area (Å²) in [6.07, 6.45) is 3.19. The number of hydrogen-bond donors (Lipinski definition) is 1. The first kappa shape index (κ1) is 22.9. The fraction of sp³-hybridized carbons (Fsp3) is 0.200. The van der Waals surface area contributed by atoms with Gasteiger partial charge in [-0.05, 0) is 73.2 Å². The first-order chi connectivity index (χ1) is 15.8. The minimum atomic E-state index is -1.27. The average molecular weight is 474 g/mol. The second kappa shape index (κ2) is 9.67. The van der Waals surface area contributed by atoms with Crippen molar-refractivity contribution in [2.75, 3.05) is 0 Å². The number of carboxylic acids is 1. The highest BCUT2D eigenvalue weighted by atomic mass is 35.5. The molecule has 170 valence electrons. The van der Waals surface area contributed by atoms with Gasteiger partial charge in [-0.15, -0.1) is 0 Å². The van der Waals surface area contributed by atoms with Crippen molar-refractivity contribution in [3.63, 3.8) is 0 Å². The van der Waals surface area contributed by atoms with Crippen LogP contribution in [0.3, 0.4) is 0 Å². The van der Waals surface area contributed by atoms with Gasteiger partial charge >= 0.3 is 5.97 Å². The van der Waals surface area contributed by atoms with E-state index in [1.165, 1.54) is 6.07 Å². The number of benzene rings is 2. The lowest BCUT2D eigenvalue weighted by Crippen LogP contribution is -2.07. The number of ether oxygens (including phenoxy) is 1. The van der Waals surface area contributed by atoms with E-state index in [9.17, 15) is 23.1 Å². The van der Waals surface area contributed by atoms with E-state index in [2.05, 4.69) is 4.98 Å². The van der Waals surface area contributed by atoms with Crippen LogP contribution in [0.1, 0.15) is 53.0 Å². The largest absolute Gasteiger partial charge is 0.488 e. The smallest absolute Gasteiger partial charge is 0.354 e. The molecule has 0 saturated heterocycles. The Bertz CT molecular complexity index is 1260. The minimum Gasteiger partial charge on any atom is -0.488 e. The van der Waals surface area contributed by atoms with E-state index >= 15 is 0 Å². The van der Waals surface area contributed by atoms with Gasteiger partial charge in [-0.3, -0.25) is 0 Å². The number of aromatic nitrogens is 1. The third kappa shape index (κ3) is 5.03. The summed E-state index contributed by atoms with van der Waals surface area (Å²) in [7, 11) is 0. The van der Waals surface area contributed by atoms with Crippen LogP contribution in [-0.2, 0) is 6.61 Å². The fourth-order valence-electron chi connectivity index (χ4n) is 3.90. The maximum absolute atomic E-state index is 14.1. The number of halogens is 4. The lowest BCUT2D eigenvalue weighted by molar-refractivity contribution is 0.0690. The average Bonchev–Trinajstić information content (AvgIpc) is 2.81. The standard InChI is InChI=1S/C25H19ClF3NO3/c26-15-8-9-24(33-13-14-10-20(28)21(29)12-19(14)27)18(11-15)16-4-1-2-5-17(16)22-6-3-7-23(30-22)25(31)32/h3,6-12H,1-2,4-5,13H2,(H,31,32). The first-order valence-corrected chi connectivity index (χ1v) is 10.7. The van der Waals surface area contributed by atoms with E-state index in [0.717, 1.165) is 30.1 Å². The van der Waals surface area contributed by atoms with E-state index in [0.29, 0.717) is 40.9 Å². The SMILES string of the molecule is O=C(O)c1cccc(C2=C(c3cc(Cl)ccc3OCc3cc(F)c(F)cc3F)CCCC2)n1. The molecule has 1 heterocycles. The summed E-state index contributed by atoms with van der Waals surface area (Å²) in [5.41, 5.74) is 2.84. The highest BCUT2D eigenvalue weighted by Gasteiger charge is 2.21. The fourth-order valence-corrected chi connectivity index (χ4v) is 4.07. The first-order valence-electron chi connectivity index (χ1n) is 10.3. The van der Waals surface area contributed by atoms with E-state index in [4.69, 9.17) is 16.3 Å². The van der Waals surface area contributed by atoms with Crippen LogP contribution in [0.2, 0.25) is 5.02 Å². The Labute approximate surface area is 193 Å². The molecule has 0 fully saturated rings. The summed E-state index contributed by atoms with van der Waals surface area (Å²) in [6, 6.07) is 11.1. The third-order valence-electron chi connectivity index (χ3n) is 5.48. The van der Waals surface area contributed by atoms with Gasteiger partial charge in [0.25, 0.3) is 0 Å². The van der Waals surface area contributed by atoms with Crippen LogP contribution in [0.25, 0.3) is 11.1 Å². The highest BCUT2D eigenvalue weighted by Crippen LogP contribution is 2.42. The number of nitrogens with zero attached hydrogens (tertiary/aromatic N) is 1. The summed E-state index contributed by atoms with van der Waals surface area (Å²) < 4.78 is 46.7. The number of allylic oxidation sites excluding steroid dienone is 2. The minimum absolute atomic E-state index is 0.0543. The molecule has 0 spiro atoms. The number of carbonyl (C=O) groups is 1. The molecule has 2 aromatic carbocycles.